The first-order valence-electron chi connectivity index (χ1n) is 15.2. The van der Waals surface area contributed by atoms with E-state index in [-0.39, 0.29) is 24.7 Å². The maximum absolute atomic E-state index is 15.0. The summed E-state index contributed by atoms with van der Waals surface area (Å²) in [5.41, 5.74) is -1.23. The fourth-order valence-corrected chi connectivity index (χ4v) is 8.26. The highest BCUT2D eigenvalue weighted by Gasteiger charge is 2.71. The van der Waals surface area contributed by atoms with Crippen LogP contribution in [0, 0.1) is 28.6 Å². The Bertz CT molecular complexity index is 1300. The average Bonchev–Trinajstić information content (AvgIpc) is 2.92. The Balaban J connectivity index is 1.81. The minimum Gasteiger partial charge on any atom is -0.459 e. The van der Waals surface area contributed by atoms with Gasteiger partial charge in [-0.2, -0.15) is 0 Å². The Morgan fingerprint density at radius 2 is 1.63 bits per heavy atom. The number of esters is 3. The SMILES string of the molecule is CC(=O)O[C@H]1C[C@H](O)C(C)(C)C([C@@H](C)C(=O)[C@@]2(C)[C@H]([C@@H](C)OC(=O)c3ccccc3)[C@]3(OC(C)=O)CO[C@@H]3C[C@@H]2C)=C1C. The third-order valence-corrected chi connectivity index (χ3v) is 10.5. The van der Waals surface area contributed by atoms with Gasteiger partial charge in [0.05, 0.1) is 24.2 Å². The predicted molar refractivity (Wildman–Crippen MR) is 158 cm³/mol. The second kappa shape index (κ2) is 11.8. The Morgan fingerprint density at radius 3 is 2.16 bits per heavy atom. The number of rotatable bonds is 8. The number of benzene rings is 1. The molecule has 3 aliphatic rings. The fraction of sp³-hybridized carbons (Fsp3) is 0.647. The number of ketones is 1. The van der Waals surface area contributed by atoms with Gasteiger partial charge < -0.3 is 24.1 Å². The molecule has 0 unspecified atom stereocenters. The van der Waals surface area contributed by atoms with Crippen LogP contribution in [-0.4, -0.2) is 65.4 Å². The van der Waals surface area contributed by atoms with Crippen LogP contribution in [0.2, 0.25) is 0 Å². The molecule has 1 aromatic carbocycles. The summed E-state index contributed by atoms with van der Waals surface area (Å²) in [5.74, 6) is -3.28. The maximum Gasteiger partial charge on any atom is 0.338 e. The van der Waals surface area contributed by atoms with Crippen LogP contribution in [0.15, 0.2) is 41.5 Å². The van der Waals surface area contributed by atoms with Crippen molar-refractivity contribution in [1.82, 2.24) is 0 Å². The quantitative estimate of drug-likeness (QED) is 0.254. The lowest BCUT2D eigenvalue weighted by Crippen LogP contribution is -2.75. The number of hydrogen-bond donors (Lipinski definition) is 1. The highest BCUT2D eigenvalue weighted by molar-refractivity contribution is 5.91. The van der Waals surface area contributed by atoms with Crippen molar-refractivity contribution in [3.05, 3.63) is 47.0 Å². The van der Waals surface area contributed by atoms with Gasteiger partial charge in [-0.25, -0.2) is 4.79 Å². The average molecular weight is 599 g/mol. The molecule has 43 heavy (non-hydrogen) atoms. The van der Waals surface area contributed by atoms with Gasteiger partial charge in [0, 0.05) is 37.0 Å². The normalized spacial score (nSPS) is 34.6. The van der Waals surface area contributed by atoms with E-state index in [0.29, 0.717) is 12.0 Å². The molecule has 9 heteroatoms. The van der Waals surface area contributed by atoms with Crippen molar-refractivity contribution in [3.63, 3.8) is 0 Å². The Labute approximate surface area is 254 Å². The largest absolute Gasteiger partial charge is 0.459 e. The fourth-order valence-electron chi connectivity index (χ4n) is 8.26. The zero-order valence-corrected chi connectivity index (χ0v) is 26.8. The first-order valence-corrected chi connectivity index (χ1v) is 15.2. The minimum atomic E-state index is -1.16. The molecular formula is C34H46O9. The summed E-state index contributed by atoms with van der Waals surface area (Å²) in [6.45, 7) is 15.8. The summed E-state index contributed by atoms with van der Waals surface area (Å²) in [6, 6.07) is 8.61. The molecule has 1 saturated carbocycles. The molecule has 0 amide bonds. The molecule has 1 aromatic rings. The summed E-state index contributed by atoms with van der Waals surface area (Å²) in [6.07, 6.45) is -2.07. The molecule has 1 saturated heterocycles. The van der Waals surface area contributed by atoms with Gasteiger partial charge in [0.15, 0.2) is 5.60 Å². The van der Waals surface area contributed by atoms with Gasteiger partial charge in [-0.15, -0.1) is 0 Å². The summed E-state index contributed by atoms with van der Waals surface area (Å²) >= 11 is 0. The molecule has 236 valence electrons. The molecular weight excluding hydrogens is 552 g/mol. The van der Waals surface area contributed by atoms with Crippen molar-refractivity contribution in [2.24, 2.45) is 28.6 Å². The van der Waals surface area contributed by atoms with Crippen LogP contribution in [0.3, 0.4) is 0 Å². The molecule has 0 radical (unpaired) electrons. The van der Waals surface area contributed by atoms with Crippen LogP contribution < -0.4 is 0 Å². The molecule has 1 aliphatic heterocycles. The zero-order valence-electron chi connectivity index (χ0n) is 26.8. The number of carbonyl (C=O) groups excluding carboxylic acids is 4. The number of aliphatic hydroxyl groups is 1. The van der Waals surface area contributed by atoms with Crippen LogP contribution >= 0.6 is 0 Å². The summed E-state index contributed by atoms with van der Waals surface area (Å²) in [7, 11) is 0. The lowest BCUT2D eigenvalue weighted by Gasteiger charge is -2.63. The van der Waals surface area contributed by atoms with Crippen molar-refractivity contribution < 1.29 is 43.2 Å². The number of fused-ring (bicyclic) bond motifs is 1. The number of Topliss-reactive ketones (excluding diaryl/α,β-unsaturated/α-hetero) is 1. The smallest absolute Gasteiger partial charge is 0.338 e. The molecule has 1 heterocycles. The molecule has 2 aliphatic carbocycles. The van der Waals surface area contributed by atoms with Crippen LogP contribution in [0.25, 0.3) is 0 Å². The van der Waals surface area contributed by atoms with Gasteiger partial charge in [0.2, 0.25) is 0 Å². The van der Waals surface area contributed by atoms with E-state index < -0.39 is 70.6 Å². The number of carbonyl (C=O) groups is 4. The van der Waals surface area contributed by atoms with Gasteiger partial charge >= 0.3 is 17.9 Å². The maximum atomic E-state index is 15.0. The summed E-state index contributed by atoms with van der Waals surface area (Å²) in [5, 5.41) is 11.2. The van der Waals surface area contributed by atoms with E-state index in [2.05, 4.69) is 0 Å². The van der Waals surface area contributed by atoms with Crippen LogP contribution in [0.5, 0.6) is 0 Å². The standard InChI is InChI=1S/C34H46O9/c1-18-15-27-34(17-40-27,43-23(6)36)29(21(4)41-31(39)24-13-11-10-12-14-24)33(18,9)30(38)20(3)28-19(2)25(42-22(5)35)16-26(37)32(28,7)8/h10-14,18,20-21,25-27,29,37H,15-17H2,1-9H3/t18-,20+,21+,25-,26-,27+,29-,33+,34-/m0/s1. The third kappa shape index (κ3) is 5.55. The second-order valence-electron chi connectivity index (χ2n) is 13.5. The van der Waals surface area contributed by atoms with Crippen LogP contribution in [0.1, 0.15) is 85.5 Å². The molecule has 0 spiro atoms. The van der Waals surface area contributed by atoms with Crippen molar-refractivity contribution in [3.8, 4) is 0 Å². The van der Waals surface area contributed by atoms with Crippen LogP contribution in [0.4, 0.5) is 0 Å². The topological polar surface area (TPSA) is 125 Å². The Morgan fingerprint density at radius 1 is 1.00 bits per heavy atom. The second-order valence-corrected chi connectivity index (χ2v) is 13.5. The molecule has 2 fully saturated rings. The van der Waals surface area contributed by atoms with Gasteiger partial charge in [-0.3, -0.25) is 14.4 Å². The molecule has 4 rings (SSSR count). The number of hydrogen-bond acceptors (Lipinski definition) is 9. The third-order valence-electron chi connectivity index (χ3n) is 10.5. The van der Waals surface area contributed by atoms with Gasteiger partial charge in [0.1, 0.15) is 24.1 Å². The highest BCUT2D eigenvalue weighted by Crippen LogP contribution is 2.60. The lowest BCUT2D eigenvalue weighted by atomic mass is 9.48. The number of ether oxygens (including phenoxy) is 4. The summed E-state index contributed by atoms with van der Waals surface area (Å²) < 4.78 is 23.6. The Kier molecular flexibility index (Phi) is 9.02. The van der Waals surface area contributed by atoms with E-state index in [1.807, 2.05) is 41.5 Å². The molecule has 1 N–H and O–H groups in total. The van der Waals surface area contributed by atoms with Gasteiger partial charge in [0.25, 0.3) is 0 Å². The monoisotopic (exact) mass is 598 g/mol. The molecule has 0 bridgehead atoms. The van der Waals surface area contributed by atoms with E-state index in [1.54, 1.807) is 37.3 Å². The van der Waals surface area contributed by atoms with Crippen molar-refractivity contribution in [1.29, 1.82) is 0 Å². The lowest BCUT2D eigenvalue weighted by molar-refractivity contribution is -0.321. The van der Waals surface area contributed by atoms with E-state index in [4.69, 9.17) is 18.9 Å². The van der Waals surface area contributed by atoms with Gasteiger partial charge in [-0.05, 0) is 49.5 Å². The zero-order chi connectivity index (χ0) is 32.1. The minimum absolute atomic E-state index is 0.0829. The van der Waals surface area contributed by atoms with Crippen molar-refractivity contribution in [2.75, 3.05) is 6.61 Å². The first-order chi connectivity index (χ1) is 20.0. The van der Waals surface area contributed by atoms with E-state index in [0.717, 1.165) is 11.1 Å². The van der Waals surface area contributed by atoms with Gasteiger partial charge in [-0.1, -0.05) is 52.8 Å². The first kappa shape index (κ1) is 32.9. The summed E-state index contributed by atoms with van der Waals surface area (Å²) in [4.78, 5) is 52.7. The van der Waals surface area contributed by atoms with E-state index in [1.165, 1.54) is 13.8 Å². The van der Waals surface area contributed by atoms with Crippen LogP contribution in [-0.2, 0) is 33.3 Å². The van der Waals surface area contributed by atoms with E-state index in [9.17, 15) is 19.5 Å². The van der Waals surface area contributed by atoms with Crippen molar-refractivity contribution in [2.45, 2.75) is 105 Å². The molecule has 0 aromatic heterocycles. The number of aliphatic hydroxyl groups excluding tert-OH is 1. The Hall–Kier alpha value is -3.04. The van der Waals surface area contributed by atoms with Crippen molar-refractivity contribution >= 4 is 23.7 Å². The predicted octanol–water partition coefficient (Wildman–Crippen LogP) is 4.84. The van der Waals surface area contributed by atoms with E-state index >= 15 is 4.79 Å². The highest BCUT2D eigenvalue weighted by atomic mass is 16.6. The molecule has 9 nitrogen and oxygen atoms in total. The molecule has 9 atom stereocenters.